The van der Waals surface area contributed by atoms with Gasteiger partial charge in [-0.1, -0.05) is 6.07 Å². The summed E-state index contributed by atoms with van der Waals surface area (Å²) in [5.41, 5.74) is 4.20. The van der Waals surface area contributed by atoms with E-state index in [9.17, 15) is 0 Å². The molecule has 1 saturated heterocycles. The van der Waals surface area contributed by atoms with Crippen molar-refractivity contribution in [1.82, 2.24) is 5.32 Å². The maximum absolute atomic E-state index is 5.82. The molecule has 21 heavy (non-hydrogen) atoms. The van der Waals surface area contributed by atoms with E-state index in [0.717, 1.165) is 19.6 Å². The van der Waals surface area contributed by atoms with Gasteiger partial charge < -0.3 is 15.0 Å². The number of aryl methyl sites for hydroxylation is 1. The van der Waals surface area contributed by atoms with Gasteiger partial charge in [-0.15, -0.1) is 0 Å². The molecular formula is C18H30N2O. The van der Waals surface area contributed by atoms with Crippen LogP contribution in [0.25, 0.3) is 0 Å². The summed E-state index contributed by atoms with van der Waals surface area (Å²) in [6.45, 7) is 16.0. The zero-order valence-electron chi connectivity index (χ0n) is 14.4. The lowest BCUT2D eigenvalue weighted by atomic mass is 10.0. The van der Waals surface area contributed by atoms with Crippen molar-refractivity contribution in [2.75, 3.05) is 18.0 Å². The zero-order valence-corrected chi connectivity index (χ0v) is 14.4. The first-order chi connectivity index (χ1) is 9.74. The SMILES string of the molecule is Cc1cc(N2CC(C)OC(C)C2)ccc1CNC(C)(C)C. The van der Waals surface area contributed by atoms with E-state index in [2.05, 4.69) is 70.0 Å². The van der Waals surface area contributed by atoms with Gasteiger partial charge in [0.05, 0.1) is 12.2 Å². The van der Waals surface area contributed by atoms with Crippen molar-refractivity contribution >= 4 is 5.69 Å². The fourth-order valence-corrected chi connectivity index (χ4v) is 2.82. The first kappa shape index (κ1) is 16.3. The van der Waals surface area contributed by atoms with Crippen LogP contribution in [0.2, 0.25) is 0 Å². The average Bonchev–Trinajstić information content (AvgIpc) is 2.35. The number of rotatable bonds is 3. The molecule has 0 bridgehead atoms. The Morgan fingerprint density at radius 1 is 1.19 bits per heavy atom. The summed E-state index contributed by atoms with van der Waals surface area (Å²) in [5, 5.41) is 3.56. The molecule has 0 amide bonds. The maximum atomic E-state index is 5.82. The van der Waals surface area contributed by atoms with Gasteiger partial charge in [0.2, 0.25) is 0 Å². The predicted molar refractivity (Wildman–Crippen MR) is 90.0 cm³/mol. The largest absolute Gasteiger partial charge is 0.372 e. The minimum Gasteiger partial charge on any atom is -0.372 e. The number of hydrogen-bond acceptors (Lipinski definition) is 3. The summed E-state index contributed by atoms with van der Waals surface area (Å²) < 4.78 is 5.82. The molecule has 3 heteroatoms. The van der Waals surface area contributed by atoms with Crippen LogP contribution < -0.4 is 10.2 Å². The van der Waals surface area contributed by atoms with Gasteiger partial charge in [-0.25, -0.2) is 0 Å². The summed E-state index contributed by atoms with van der Waals surface area (Å²) in [7, 11) is 0. The lowest BCUT2D eigenvalue weighted by Crippen LogP contribution is -2.45. The molecule has 1 aliphatic rings. The highest BCUT2D eigenvalue weighted by Crippen LogP contribution is 2.23. The molecule has 3 nitrogen and oxygen atoms in total. The Morgan fingerprint density at radius 2 is 1.81 bits per heavy atom. The summed E-state index contributed by atoms with van der Waals surface area (Å²) >= 11 is 0. The zero-order chi connectivity index (χ0) is 15.6. The molecule has 0 spiro atoms. The van der Waals surface area contributed by atoms with Crippen LogP contribution in [-0.4, -0.2) is 30.8 Å². The molecule has 1 N–H and O–H groups in total. The van der Waals surface area contributed by atoms with Crippen LogP contribution in [0.3, 0.4) is 0 Å². The van der Waals surface area contributed by atoms with Gasteiger partial charge in [-0.05, 0) is 64.8 Å². The normalized spacial score (nSPS) is 23.4. The minimum absolute atomic E-state index is 0.153. The third kappa shape index (κ3) is 4.72. The Kier molecular flexibility index (Phi) is 4.95. The molecule has 118 valence electrons. The second-order valence-electron chi connectivity index (χ2n) is 7.38. The molecule has 0 saturated carbocycles. The Labute approximate surface area is 129 Å². The highest BCUT2D eigenvalue weighted by Gasteiger charge is 2.22. The lowest BCUT2D eigenvalue weighted by molar-refractivity contribution is -0.00522. The third-order valence-electron chi connectivity index (χ3n) is 3.92. The molecular weight excluding hydrogens is 260 g/mol. The summed E-state index contributed by atoms with van der Waals surface area (Å²) in [6.07, 6.45) is 0.604. The van der Waals surface area contributed by atoms with Crippen molar-refractivity contribution in [2.24, 2.45) is 0 Å². The van der Waals surface area contributed by atoms with Gasteiger partial charge in [-0.3, -0.25) is 0 Å². The Hall–Kier alpha value is -1.06. The lowest BCUT2D eigenvalue weighted by Gasteiger charge is -2.37. The van der Waals surface area contributed by atoms with E-state index in [4.69, 9.17) is 4.74 Å². The van der Waals surface area contributed by atoms with E-state index < -0.39 is 0 Å². The molecule has 1 fully saturated rings. The van der Waals surface area contributed by atoms with Crippen LogP contribution in [0.4, 0.5) is 5.69 Å². The molecule has 1 aliphatic heterocycles. The van der Waals surface area contributed by atoms with E-state index >= 15 is 0 Å². The van der Waals surface area contributed by atoms with Gasteiger partial charge in [0.1, 0.15) is 0 Å². The highest BCUT2D eigenvalue weighted by molar-refractivity contribution is 5.51. The van der Waals surface area contributed by atoms with Crippen molar-refractivity contribution in [2.45, 2.75) is 65.8 Å². The van der Waals surface area contributed by atoms with E-state index in [0.29, 0.717) is 12.2 Å². The van der Waals surface area contributed by atoms with Gasteiger partial charge >= 0.3 is 0 Å². The number of anilines is 1. The number of nitrogens with one attached hydrogen (secondary N) is 1. The first-order valence-electron chi connectivity index (χ1n) is 7.99. The predicted octanol–water partition coefficient (Wildman–Crippen LogP) is 3.50. The van der Waals surface area contributed by atoms with Gasteiger partial charge in [-0.2, -0.15) is 0 Å². The Balaban J connectivity index is 2.08. The van der Waals surface area contributed by atoms with Gasteiger partial charge in [0.15, 0.2) is 0 Å². The Bertz CT molecular complexity index is 469. The van der Waals surface area contributed by atoms with E-state index in [1.54, 1.807) is 0 Å². The second kappa shape index (κ2) is 6.37. The third-order valence-corrected chi connectivity index (χ3v) is 3.92. The van der Waals surface area contributed by atoms with Crippen molar-refractivity contribution in [1.29, 1.82) is 0 Å². The van der Waals surface area contributed by atoms with Crippen molar-refractivity contribution < 1.29 is 4.74 Å². The Morgan fingerprint density at radius 3 is 2.33 bits per heavy atom. The molecule has 1 heterocycles. The maximum Gasteiger partial charge on any atom is 0.0726 e. The fourth-order valence-electron chi connectivity index (χ4n) is 2.82. The average molecular weight is 290 g/mol. The summed E-state index contributed by atoms with van der Waals surface area (Å²) in [5.74, 6) is 0. The van der Waals surface area contributed by atoms with E-state index in [-0.39, 0.29) is 5.54 Å². The standard InChI is InChI=1S/C18H30N2O/c1-13-9-17(20-11-14(2)21-15(3)12-20)8-7-16(13)10-19-18(4,5)6/h7-9,14-15,19H,10-12H2,1-6H3. The fraction of sp³-hybridized carbons (Fsp3) is 0.667. The minimum atomic E-state index is 0.153. The molecule has 2 atom stereocenters. The number of morpholine rings is 1. The van der Waals surface area contributed by atoms with Crippen molar-refractivity contribution in [3.05, 3.63) is 29.3 Å². The van der Waals surface area contributed by atoms with E-state index in [1.165, 1.54) is 16.8 Å². The van der Waals surface area contributed by atoms with Crippen LogP contribution >= 0.6 is 0 Å². The van der Waals surface area contributed by atoms with Crippen LogP contribution in [0.5, 0.6) is 0 Å². The second-order valence-corrected chi connectivity index (χ2v) is 7.38. The highest BCUT2D eigenvalue weighted by atomic mass is 16.5. The molecule has 2 rings (SSSR count). The number of benzene rings is 1. The van der Waals surface area contributed by atoms with Crippen LogP contribution in [0.1, 0.15) is 45.7 Å². The molecule has 1 aromatic rings. The summed E-state index contributed by atoms with van der Waals surface area (Å²) in [4.78, 5) is 2.44. The molecule has 1 aromatic carbocycles. The number of ether oxygens (including phenoxy) is 1. The number of hydrogen-bond donors (Lipinski definition) is 1. The quantitative estimate of drug-likeness (QED) is 0.922. The first-order valence-corrected chi connectivity index (χ1v) is 7.99. The van der Waals surface area contributed by atoms with Crippen molar-refractivity contribution in [3.63, 3.8) is 0 Å². The molecule has 0 aliphatic carbocycles. The monoisotopic (exact) mass is 290 g/mol. The van der Waals surface area contributed by atoms with Gasteiger partial charge in [0.25, 0.3) is 0 Å². The molecule has 2 unspecified atom stereocenters. The van der Waals surface area contributed by atoms with Crippen LogP contribution in [0, 0.1) is 6.92 Å². The summed E-state index contributed by atoms with van der Waals surface area (Å²) in [6, 6.07) is 6.82. The van der Waals surface area contributed by atoms with Gasteiger partial charge in [0, 0.05) is 30.9 Å². The van der Waals surface area contributed by atoms with E-state index in [1.807, 2.05) is 0 Å². The topological polar surface area (TPSA) is 24.5 Å². The van der Waals surface area contributed by atoms with Crippen molar-refractivity contribution in [3.8, 4) is 0 Å². The smallest absolute Gasteiger partial charge is 0.0726 e. The number of nitrogens with zero attached hydrogens (tertiary/aromatic N) is 1. The van der Waals surface area contributed by atoms with Crippen LogP contribution in [-0.2, 0) is 11.3 Å². The molecule has 0 radical (unpaired) electrons. The molecule has 0 aromatic heterocycles. The van der Waals surface area contributed by atoms with Crippen LogP contribution in [0.15, 0.2) is 18.2 Å².